The molecule has 0 saturated heterocycles. The normalized spacial score (nSPS) is 23.1. The molecule has 0 radical (unpaired) electrons. The molecule has 1 fully saturated rings. The lowest BCUT2D eigenvalue weighted by atomic mass is 9.91. The van der Waals surface area contributed by atoms with Crippen molar-refractivity contribution >= 4 is 27.3 Å². The first-order valence-electron chi connectivity index (χ1n) is 6.45. The summed E-state index contributed by atoms with van der Waals surface area (Å²) < 4.78 is 0.711. The van der Waals surface area contributed by atoms with Crippen molar-refractivity contribution in [2.45, 2.75) is 44.7 Å². The average molecular weight is 328 g/mol. The Morgan fingerprint density at radius 3 is 2.74 bits per heavy atom. The Labute approximate surface area is 120 Å². The van der Waals surface area contributed by atoms with E-state index in [0.29, 0.717) is 10.0 Å². The molecule has 3 N–H and O–H groups in total. The first-order chi connectivity index (χ1) is 8.99. The summed E-state index contributed by atoms with van der Waals surface area (Å²) >= 11 is 3.39. The van der Waals surface area contributed by atoms with Crippen LogP contribution < -0.4 is 11.1 Å². The summed E-state index contributed by atoms with van der Waals surface area (Å²) in [5, 5.41) is 14.3. The van der Waals surface area contributed by atoms with Crippen molar-refractivity contribution in [1.29, 1.82) is 0 Å². The van der Waals surface area contributed by atoms with Crippen LogP contribution in [-0.2, 0) is 0 Å². The summed E-state index contributed by atoms with van der Waals surface area (Å²) in [6, 6.07) is 3.75. The fourth-order valence-corrected chi connectivity index (χ4v) is 2.96. The van der Waals surface area contributed by atoms with Gasteiger partial charge >= 0.3 is 0 Å². The number of hydrogen-bond donors (Lipinski definition) is 2. The Bertz CT molecular complexity index is 493. The van der Waals surface area contributed by atoms with Gasteiger partial charge in [0.1, 0.15) is 0 Å². The van der Waals surface area contributed by atoms with Crippen LogP contribution in [0.4, 0.5) is 11.4 Å². The molecule has 6 heteroatoms. The predicted octanol–water partition coefficient (Wildman–Crippen LogP) is 3.35. The zero-order valence-corrected chi connectivity index (χ0v) is 12.4. The molecule has 1 aromatic carbocycles. The summed E-state index contributed by atoms with van der Waals surface area (Å²) in [6.07, 6.45) is 4.43. The van der Waals surface area contributed by atoms with Crippen molar-refractivity contribution in [3.63, 3.8) is 0 Å². The van der Waals surface area contributed by atoms with Gasteiger partial charge < -0.3 is 11.1 Å². The van der Waals surface area contributed by atoms with Crippen LogP contribution in [0.25, 0.3) is 0 Å². The Morgan fingerprint density at radius 1 is 1.42 bits per heavy atom. The van der Waals surface area contributed by atoms with Crippen LogP contribution in [0.3, 0.4) is 0 Å². The first-order valence-corrected chi connectivity index (χ1v) is 7.25. The number of benzene rings is 1. The Morgan fingerprint density at radius 2 is 2.11 bits per heavy atom. The fourth-order valence-electron chi connectivity index (χ4n) is 2.52. The molecule has 0 bridgehead atoms. The highest BCUT2D eigenvalue weighted by Gasteiger charge is 2.23. The Kier molecular flexibility index (Phi) is 4.42. The van der Waals surface area contributed by atoms with Crippen LogP contribution in [0.2, 0.25) is 0 Å². The third kappa shape index (κ3) is 3.25. The number of nitrogens with zero attached hydrogens (tertiary/aromatic N) is 1. The molecule has 0 spiro atoms. The van der Waals surface area contributed by atoms with Gasteiger partial charge in [-0.25, -0.2) is 0 Å². The number of nitro groups is 1. The lowest BCUT2D eigenvalue weighted by Crippen LogP contribution is -2.42. The predicted molar refractivity (Wildman–Crippen MR) is 79.4 cm³/mol. The summed E-state index contributed by atoms with van der Waals surface area (Å²) in [4.78, 5) is 10.5. The molecule has 2 atom stereocenters. The molecule has 2 rings (SSSR count). The van der Waals surface area contributed by atoms with E-state index >= 15 is 0 Å². The molecule has 0 aliphatic heterocycles. The van der Waals surface area contributed by atoms with Crippen LogP contribution in [0.5, 0.6) is 0 Å². The summed E-state index contributed by atoms with van der Waals surface area (Å²) in [7, 11) is 0. The van der Waals surface area contributed by atoms with Crippen molar-refractivity contribution in [2.75, 3.05) is 5.32 Å². The van der Waals surface area contributed by atoms with E-state index in [9.17, 15) is 10.1 Å². The van der Waals surface area contributed by atoms with Crippen LogP contribution in [0, 0.1) is 17.0 Å². The zero-order valence-electron chi connectivity index (χ0n) is 10.9. The topological polar surface area (TPSA) is 81.2 Å². The summed E-state index contributed by atoms with van der Waals surface area (Å²) in [6.45, 7) is 1.75. The van der Waals surface area contributed by atoms with E-state index in [2.05, 4.69) is 21.2 Å². The highest BCUT2D eigenvalue weighted by atomic mass is 79.9. The van der Waals surface area contributed by atoms with Crippen molar-refractivity contribution in [3.8, 4) is 0 Å². The van der Waals surface area contributed by atoms with Crippen molar-refractivity contribution in [3.05, 3.63) is 32.3 Å². The van der Waals surface area contributed by atoms with Crippen LogP contribution >= 0.6 is 15.9 Å². The van der Waals surface area contributed by atoms with E-state index < -0.39 is 0 Å². The Hall–Kier alpha value is -1.14. The monoisotopic (exact) mass is 327 g/mol. The molecule has 1 aliphatic carbocycles. The third-order valence-corrected chi connectivity index (χ3v) is 4.30. The van der Waals surface area contributed by atoms with E-state index in [-0.39, 0.29) is 22.7 Å². The molecule has 1 saturated carbocycles. The quantitative estimate of drug-likeness (QED) is 0.658. The van der Waals surface area contributed by atoms with E-state index in [1.807, 2.05) is 6.07 Å². The average Bonchev–Trinajstić information content (AvgIpc) is 2.35. The van der Waals surface area contributed by atoms with Gasteiger partial charge in [-0.3, -0.25) is 10.1 Å². The largest absolute Gasteiger partial charge is 0.380 e. The van der Waals surface area contributed by atoms with E-state index in [1.54, 1.807) is 13.0 Å². The van der Waals surface area contributed by atoms with Crippen molar-refractivity contribution in [1.82, 2.24) is 0 Å². The number of nitrogens with two attached hydrogens (primary N) is 1. The summed E-state index contributed by atoms with van der Waals surface area (Å²) in [5.41, 5.74) is 7.77. The van der Waals surface area contributed by atoms with E-state index in [0.717, 1.165) is 18.5 Å². The molecule has 104 valence electrons. The lowest BCUT2D eigenvalue weighted by Gasteiger charge is -2.30. The first kappa shape index (κ1) is 14.3. The molecule has 19 heavy (non-hydrogen) atoms. The molecular formula is C13H18BrN3O2. The van der Waals surface area contributed by atoms with Gasteiger partial charge in [0.05, 0.1) is 4.92 Å². The second-order valence-corrected chi connectivity index (χ2v) is 5.93. The maximum absolute atomic E-state index is 10.9. The third-order valence-electron chi connectivity index (χ3n) is 3.64. The van der Waals surface area contributed by atoms with E-state index in [4.69, 9.17) is 5.73 Å². The fraction of sp³-hybridized carbons (Fsp3) is 0.538. The van der Waals surface area contributed by atoms with Crippen LogP contribution in [0.1, 0.15) is 31.2 Å². The highest BCUT2D eigenvalue weighted by molar-refractivity contribution is 9.10. The minimum atomic E-state index is -0.365. The van der Waals surface area contributed by atoms with Crippen molar-refractivity contribution in [2.24, 2.45) is 5.73 Å². The van der Waals surface area contributed by atoms with E-state index in [1.165, 1.54) is 12.8 Å². The number of halogens is 1. The molecule has 0 heterocycles. The molecular weight excluding hydrogens is 310 g/mol. The zero-order chi connectivity index (χ0) is 14.0. The molecule has 5 nitrogen and oxygen atoms in total. The van der Waals surface area contributed by atoms with Crippen molar-refractivity contribution < 1.29 is 4.92 Å². The number of rotatable bonds is 3. The highest BCUT2D eigenvalue weighted by Crippen LogP contribution is 2.32. The van der Waals surface area contributed by atoms with Gasteiger partial charge in [-0.15, -0.1) is 0 Å². The molecule has 1 aliphatic rings. The van der Waals surface area contributed by atoms with Gasteiger partial charge in [-0.05, 0) is 41.8 Å². The lowest BCUT2D eigenvalue weighted by molar-refractivity contribution is -0.385. The summed E-state index contributed by atoms with van der Waals surface area (Å²) in [5.74, 6) is 0. The van der Waals surface area contributed by atoms with Crippen LogP contribution in [0.15, 0.2) is 16.6 Å². The maximum Gasteiger partial charge on any atom is 0.273 e. The molecule has 0 amide bonds. The van der Waals surface area contributed by atoms with Gasteiger partial charge in [0, 0.05) is 33.9 Å². The smallest absolute Gasteiger partial charge is 0.273 e. The Balaban J connectivity index is 2.21. The molecule has 2 unspecified atom stereocenters. The number of nitrogens with one attached hydrogen (secondary N) is 1. The molecule has 1 aromatic rings. The second-order valence-electron chi connectivity index (χ2n) is 5.07. The second kappa shape index (κ2) is 5.88. The number of hydrogen-bond acceptors (Lipinski definition) is 4. The SMILES string of the molecule is Cc1cc(NC2CCCCC2N)c(Br)cc1[N+](=O)[O-]. The van der Waals surface area contributed by atoms with Gasteiger partial charge in [-0.2, -0.15) is 0 Å². The van der Waals surface area contributed by atoms with Gasteiger partial charge in [-0.1, -0.05) is 12.8 Å². The number of aryl methyl sites for hydroxylation is 1. The van der Waals surface area contributed by atoms with Crippen LogP contribution in [-0.4, -0.2) is 17.0 Å². The maximum atomic E-state index is 10.9. The number of nitro benzene ring substituents is 1. The minimum absolute atomic E-state index is 0.130. The molecule has 0 aromatic heterocycles. The van der Waals surface area contributed by atoms with Gasteiger partial charge in [0.2, 0.25) is 0 Å². The van der Waals surface area contributed by atoms with Gasteiger partial charge in [0.15, 0.2) is 0 Å². The minimum Gasteiger partial charge on any atom is -0.380 e. The standard InChI is InChI=1S/C13H18BrN3O2/c1-8-6-12(9(14)7-13(8)17(18)19)16-11-5-3-2-4-10(11)15/h6-7,10-11,16H,2-5,15H2,1H3. The van der Waals surface area contributed by atoms with Gasteiger partial charge in [0.25, 0.3) is 5.69 Å². The number of anilines is 1.